The molecule has 2 aromatic heterocycles. The van der Waals surface area contributed by atoms with Gasteiger partial charge in [0.05, 0.1) is 9.75 Å². The molecule has 2 fully saturated rings. The van der Waals surface area contributed by atoms with E-state index in [4.69, 9.17) is 4.74 Å². The average Bonchev–Trinajstić information content (AvgIpc) is 3.69. The van der Waals surface area contributed by atoms with E-state index in [1.165, 1.54) is 35.4 Å². The summed E-state index contributed by atoms with van der Waals surface area (Å²) in [7, 11) is 0. The number of amides is 1. The average molecular weight is 1020 g/mol. The molecule has 6 nitrogen and oxygen atoms in total. The van der Waals surface area contributed by atoms with Crippen molar-refractivity contribution in [1.82, 2.24) is 10.2 Å². The number of hydrogen-bond donors (Lipinski definition) is 1. The predicted octanol–water partition coefficient (Wildman–Crippen LogP) is 11.0. The summed E-state index contributed by atoms with van der Waals surface area (Å²) in [5.74, 6) is 0.904. The van der Waals surface area contributed by atoms with Crippen molar-refractivity contribution in [3.63, 3.8) is 0 Å². The van der Waals surface area contributed by atoms with Crippen LogP contribution in [0.5, 0.6) is 0 Å². The van der Waals surface area contributed by atoms with Crippen molar-refractivity contribution >= 4 is 114 Å². The molecular weight excluding hydrogens is 969 g/mol. The van der Waals surface area contributed by atoms with Crippen molar-refractivity contribution in [3.05, 3.63) is 43.8 Å². The Morgan fingerprint density at radius 3 is 1.64 bits per heavy atom. The van der Waals surface area contributed by atoms with E-state index in [1.807, 2.05) is 32.9 Å². The number of aryl methyl sites for hydroxylation is 2. The summed E-state index contributed by atoms with van der Waals surface area (Å²) in [6.45, 7) is 13.2. The molecule has 0 radical (unpaired) electrons. The zero-order valence-electron chi connectivity index (χ0n) is 27.3. The lowest BCUT2D eigenvalue weighted by molar-refractivity contribution is 0.0182. The molecular formula is C33H52ClI3N2O4S2. The van der Waals surface area contributed by atoms with Crippen molar-refractivity contribution in [2.75, 3.05) is 26.2 Å². The second kappa shape index (κ2) is 24.6. The number of ether oxygens (including phenoxy) is 1. The maximum absolute atomic E-state index is 12.7. The number of unbranched alkanes of at least 4 members (excludes halogenated alkanes) is 2. The maximum atomic E-state index is 12.7. The van der Waals surface area contributed by atoms with E-state index >= 15 is 0 Å². The second-order valence-electron chi connectivity index (χ2n) is 12.2. The Labute approximate surface area is 326 Å². The Hall–Kier alpha value is 0.450. The molecule has 1 amide bonds. The first kappa shape index (κ1) is 45.5. The Bertz CT molecular complexity index is 1130. The first-order valence-corrected chi connectivity index (χ1v) is 23.6. The van der Waals surface area contributed by atoms with Gasteiger partial charge in [-0.3, -0.25) is 9.59 Å². The minimum absolute atomic E-state index is 0. The van der Waals surface area contributed by atoms with Crippen LogP contribution in [-0.4, -0.2) is 54.3 Å². The summed E-state index contributed by atoms with van der Waals surface area (Å²) < 4.78 is 5.40. The van der Waals surface area contributed by atoms with Crippen LogP contribution in [0.1, 0.15) is 115 Å². The lowest BCUT2D eigenvalue weighted by Gasteiger charge is -2.32. The van der Waals surface area contributed by atoms with Gasteiger partial charge in [0.2, 0.25) is 0 Å². The molecule has 0 unspecified atom stereocenters. The SMILES string of the molecule is CCCCc1ccc(C(=O)C2CCN(C(=O)OC(C)(C)C)CC2)s1.CCCCc1ccc(C(=O)C2CCNCC2)s1.Cl.I.II. The zero-order valence-corrected chi connectivity index (χ0v) is 36.4. The maximum Gasteiger partial charge on any atom is 0.410 e. The lowest BCUT2D eigenvalue weighted by Crippen LogP contribution is -2.42. The van der Waals surface area contributed by atoms with E-state index in [-0.39, 0.29) is 60.1 Å². The number of carbonyl (C=O) groups excluding carboxylic acids is 3. The molecule has 4 heterocycles. The van der Waals surface area contributed by atoms with Gasteiger partial charge < -0.3 is 15.0 Å². The van der Waals surface area contributed by atoms with Crippen LogP contribution in [0.4, 0.5) is 4.79 Å². The van der Waals surface area contributed by atoms with Crippen LogP contribution >= 0.6 is 96.3 Å². The summed E-state index contributed by atoms with van der Waals surface area (Å²) >= 11 is 7.58. The molecule has 4 rings (SSSR count). The first-order valence-electron chi connectivity index (χ1n) is 15.7. The van der Waals surface area contributed by atoms with Crippen LogP contribution < -0.4 is 5.32 Å². The molecule has 0 aliphatic carbocycles. The fraction of sp³-hybridized carbons (Fsp3) is 0.667. The largest absolute Gasteiger partial charge is 0.444 e. The van der Waals surface area contributed by atoms with Crippen LogP contribution in [0.25, 0.3) is 0 Å². The van der Waals surface area contributed by atoms with E-state index in [9.17, 15) is 14.4 Å². The molecule has 2 saturated heterocycles. The van der Waals surface area contributed by atoms with Gasteiger partial charge in [0.25, 0.3) is 0 Å². The molecule has 45 heavy (non-hydrogen) atoms. The number of halogens is 4. The van der Waals surface area contributed by atoms with E-state index in [0.717, 1.165) is 61.4 Å². The molecule has 0 atom stereocenters. The molecule has 2 aromatic rings. The van der Waals surface area contributed by atoms with Gasteiger partial charge in [-0.15, -0.1) is 59.1 Å². The molecule has 0 saturated carbocycles. The fourth-order valence-electron chi connectivity index (χ4n) is 5.13. The summed E-state index contributed by atoms with van der Waals surface area (Å²) in [5, 5.41) is 3.31. The number of likely N-dealkylation sites (tertiary alicyclic amines) is 1. The monoisotopic (exact) mass is 1020 g/mol. The van der Waals surface area contributed by atoms with Gasteiger partial charge in [-0.25, -0.2) is 4.79 Å². The van der Waals surface area contributed by atoms with Gasteiger partial charge in [-0.2, -0.15) is 0 Å². The van der Waals surface area contributed by atoms with Gasteiger partial charge in [0.15, 0.2) is 11.6 Å². The van der Waals surface area contributed by atoms with Gasteiger partial charge in [-0.1, -0.05) is 26.7 Å². The normalized spacial score (nSPS) is 15.3. The highest BCUT2D eigenvalue weighted by Crippen LogP contribution is 2.28. The highest BCUT2D eigenvalue weighted by atomic mass is 128. The number of carbonyl (C=O) groups is 3. The smallest absolute Gasteiger partial charge is 0.410 e. The standard InChI is InChI=1S/C19H29NO3S.C14H21NOS.ClH.I2.HI/c1-5-6-7-15-8-9-16(24-15)17(21)14-10-12-20(13-11-14)18(22)23-19(2,3)4;1-2-3-4-12-5-6-13(17-12)14(16)11-7-9-15-10-8-11;;1-2;/h8-9,14H,5-7,10-13H2,1-4H3;5-6,11,15H,2-4,7-10H2,1H3;1H;;1H. The third-order valence-electron chi connectivity index (χ3n) is 7.59. The van der Waals surface area contributed by atoms with E-state index in [0.29, 0.717) is 18.9 Å². The minimum atomic E-state index is -0.477. The summed E-state index contributed by atoms with van der Waals surface area (Å²) in [6, 6.07) is 8.22. The molecule has 0 bridgehead atoms. The molecule has 2 aliphatic heterocycles. The van der Waals surface area contributed by atoms with E-state index in [2.05, 4.69) is 68.5 Å². The highest BCUT2D eigenvalue weighted by molar-refractivity contribution is 15.0. The number of nitrogens with zero attached hydrogens (tertiary/aromatic N) is 1. The summed E-state index contributed by atoms with van der Waals surface area (Å²) in [6.07, 6.45) is 10.1. The van der Waals surface area contributed by atoms with E-state index < -0.39 is 5.60 Å². The number of hydrogen-bond acceptors (Lipinski definition) is 7. The molecule has 2 aliphatic rings. The molecule has 0 spiro atoms. The van der Waals surface area contributed by atoms with Crippen molar-refractivity contribution in [3.8, 4) is 0 Å². The Kier molecular flexibility index (Phi) is 24.8. The third kappa shape index (κ3) is 16.6. The summed E-state index contributed by atoms with van der Waals surface area (Å²) in [4.78, 5) is 43.3. The number of Topliss-reactive ketones (excluding diaryl/α,β-unsaturated/α-hetero) is 2. The first-order chi connectivity index (χ1) is 20.6. The predicted molar refractivity (Wildman–Crippen MR) is 221 cm³/mol. The highest BCUT2D eigenvalue weighted by Gasteiger charge is 2.31. The van der Waals surface area contributed by atoms with Crippen molar-refractivity contribution in [1.29, 1.82) is 0 Å². The molecule has 12 heteroatoms. The number of nitrogens with one attached hydrogen (secondary N) is 1. The number of ketones is 2. The van der Waals surface area contributed by atoms with Crippen molar-refractivity contribution in [2.45, 2.75) is 104 Å². The van der Waals surface area contributed by atoms with Crippen LogP contribution in [-0.2, 0) is 17.6 Å². The Morgan fingerprint density at radius 1 is 0.822 bits per heavy atom. The Balaban J connectivity index is 0.000000817. The molecule has 0 aromatic carbocycles. The lowest BCUT2D eigenvalue weighted by atomic mass is 9.92. The number of thiophene rings is 2. The van der Waals surface area contributed by atoms with Crippen LogP contribution in [0, 0.1) is 11.8 Å². The minimum Gasteiger partial charge on any atom is -0.444 e. The number of piperidine rings is 2. The van der Waals surface area contributed by atoms with Gasteiger partial charge in [0, 0.05) is 71.9 Å². The fourth-order valence-corrected chi connectivity index (χ4v) is 7.27. The van der Waals surface area contributed by atoms with Crippen LogP contribution in [0.3, 0.4) is 0 Å². The number of rotatable bonds is 10. The van der Waals surface area contributed by atoms with E-state index in [1.54, 1.807) is 27.6 Å². The second-order valence-corrected chi connectivity index (χ2v) is 14.6. The third-order valence-corrected chi connectivity index (χ3v) is 9.91. The quantitative estimate of drug-likeness (QED) is 0.190. The topological polar surface area (TPSA) is 75.7 Å². The van der Waals surface area contributed by atoms with Crippen molar-refractivity contribution in [2.24, 2.45) is 11.8 Å². The molecule has 1 N–H and O–H groups in total. The van der Waals surface area contributed by atoms with Gasteiger partial charge in [-0.05, 0) is 109 Å². The van der Waals surface area contributed by atoms with Gasteiger partial charge in [0.1, 0.15) is 5.60 Å². The van der Waals surface area contributed by atoms with Crippen LogP contribution in [0.15, 0.2) is 24.3 Å². The molecule has 258 valence electrons. The summed E-state index contributed by atoms with van der Waals surface area (Å²) in [5.41, 5.74) is -0.477. The van der Waals surface area contributed by atoms with Crippen LogP contribution in [0.2, 0.25) is 0 Å². The zero-order chi connectivity index (χ0) is 31.8. The van der Waals surface area contributed by atoms with Gasteiger partial charge >= 0.3 is 6.09 Å². The Morgan fingerprint density at radius 2 is 1.24 bits per heavy atom. The van der Waals surface area contributed by atoms with Crippen molar-refractivity contribution < 1.29 is 19.1 Å².